The molecule has 2 aromatic rings. The first-order valence-electron chi connectivity index (χ1n) is 4.54. The quantitative estimate of drug-likeness (QED) is 0.929. The van der Waals surface area contributed by atoms with Gasteiger partial charge in [-0.25, -0.2) is 4.63 Å². The van der Waals surface area contributed by atoms with Crippen molar-refractivity contribution in [3.8, 4) is 0 Å². The number of aryl methyl sites for hydroxylation is 1. The van der Waals surface area contributed by atoms with Gasteiger partial charge in [0.1, 0.15) is 11.4 Å². The van der Waals surface area contributed by atoms with Gasteiger partial charge < -0.3 is 5.32 Å². The van der Waals surface area contributed by atoms with Crippen LogP contribution in [0.1, 0.15) is 11.4 Å². The van der Waals surface area contributed by atoms with E-state index in [1.807, 2.05) is 31.2 Å². The van der Waals surface area contributed by atoms with Crippen LogP contribution in [-0.4, -0.2) is 10.3 Å². The van der Waals surface area contributed by atoms with Crippen molar-refractivity contribution in [3.63, 3.8) is 0 Å². The molecule has 0 bridgehead atoms. The molecule has 0 aliphatic rings. The van der Waals surface area contributed by atoms with Gasteiger partial charge in [0.15, 0.2) is 0 Å². The molecule has 0 atom stereocenters. The van der Waals surface area contributed by atoms with Crippen molar-refractivity contribution < 1.29 is 4.63 Å². The van der Waals surface area contributed by atoms with Gasteiger partial charge in [-0.1, -0.05) is 22.4 Å². The molecule has 0 aliphatic heterocycles. The zero-order valence-corrected chi connectivity index (χ0v) is 9.78. The van der Waals surface area contributed by atoms with Gasteiger partial charge >= 0.3 is 0 Å². The fourth-order valence-electron chi connectivity index (χ4n) is 1.19. The van der Waals surface area contributed by atoms with E-state index in [-0.39, 0.29) is 0 Å². The van der Waals surface area contributed by atoms with Crippen molar-refractivity contribution in [1.82, 2.24) is 10.3 Å². The molecule has 0 spiro atoms. The Hall–Kier alpha value is -1.36. The molecule has 0 radical (unpaired) electrons. The van der Waals surface area contributed by atoms with Crippen LogP contribution < -0.4 is 5.32 Å². The Labute approximate surface area is 95.8 Å². The normalized spacial score (nSPS) is 10.3. The third kappa shape index (κ3) is 2.36. The Bertz CT molecular complexity index is 455. The number of hydrogen-bond donors (Lipinski definition) is 1. The Morgan fingerprint density at radius 3 is 2.80 bits per heavy atom. The average molecular weight is 268 g/mol. The summed E-state index contributed by atoms with van der Waals surface area (Å²) in [6, 6.07) is 7.92. The molecule has 5 heteroatoms. The molecule has 1 N–H and O–H groups in total. The second-order valence-electron chi connectivity index (χ2n) is 3.13. The second-order valence-corrected chi connectivity index (χ2v) is 3.98. The predicted molar refractivity (Wildman–Crippen MR) is 60.5 cm³/mol. The molecular weight excluding hydrogens is 258 g/mol. The first kappa shape index (κ1) is 10.2. The fourth-order valence-corrected chi connectivity index (χ4v) is 1.62. The molecular formula is C10H10BrN3O. The highest BCUT2D eigenvalue weighted by Gasteiger charge is 2.05. The van der Waals surface area contributed by atoms with Gasteiger partial charge in [0, 0.05) is 10.2 Å². The number of rotatable bonds is 3. The van der Waals surface area contributed by atoms with E-state index in [9.17, 15) is 0 Å². The van der Waals surface area contributed by atoms with Gasteiger partial charge in [-0.3, -0.25) is 0 Å². The first-order valence-corrected chi connectivity index (χ1v) is 5.33. The van der Waals surface area contributed by atoms with Gasteiger partial charge in [0.25, 0.3) is 0 Å². The summed E-state index contributed by atoms with van der Waals surface area (Å²) in [7, 11) is 0. The van der Waals surface area contributed by atoms with Crippen LogP contribution >= 0.6 is 15.9 Å². The van der Waals surface area contributed by atoms with Crippen molar-refractivity contribution in [3.05, 3.63) is 40.1 Å². The van der Waals surface area contributed by atoms with Crippen LogP contribution in [0.2, 0.25) is 0 Å². The molecule has 1 heterocycles. The lowest BCUT2D eigenvalue weighted by atomic mass is 10.3. The summed E-state index contributed by atoms with van der Waals surface area (Å²) in [6.07, 6.45) is 0. The molecule has 78 valence electrons. The van der Waals surface area contributed by atoms with E-state index in [4.69, 9.17) is 0 Å². The lowest BCUT2D eigenvalue weighted by molar-refractivity contribution is 0.301. The summed E-state index contributed by atoms with van der Waals surface area (Å²) in [5.41, 5.74) is 2.67. The van der Waals surface area contributed by atoms with E-state index >= 15 is 0 Å². The Morgan fingerprint density at radius 1 is 1.33 bits per heavy atom. The summed E-state index contributed by atoms with van der Waals surface area (Å²) in [4.78, 5) is 0. The molecule has 4 nitrogen and oxygen atoms in total. The van der Waals surface area contributed by atoms with Crippen LogP contribution in [0.3, 0.4) is 0 Å². The van der Waals surface area contributed by atoms with Gasteiger partial charge in [-0.05, 0) is 35.0 Å². The molecule has 0 amide bonds. The first-order chi connectivity index (χ1) is 7.27. The zero-order chi connectivity index (χ0) is 10.7. The Balaban J connectivity index is 2.06. The minimum Gasteiger partial charge on any atom is -0.378 e. The number of para-hydroxylation sites is 1. The number of nitrogens with one attached hydrogen (secondary N) is 1. The molecule has 0 saturated carbocycles. The number of anilines is 1. The third-order valence-electron chi connectivity index (χ3n) is 2.07. The van der Waals surface area contributed by atoms with Crippen LogP contribution in [0.15, 0.2) is 33.4 Å². The van der Waals surface area contributed by atoms with E-state index < -0.39 is 0 Å². The molecule has 0 fully saturated rings. The summed E-state index contributed by atoms with van der Waals surface area (Å²) in [6.45, 7) is 2.48. The molecule has 0 unspecified atom stereocenters. The standard InChI is InChI=1S/C10H10BrN3O/c1-7-10(14-15-13-7)6-12-9-5-3-2-4-8(9)11/h2-5,12H,6H2,1H3. The van der Waals surface area contributed by atoms with E-state index in [2.05, 4.69) is 36.2 Å². The van der Waals surface area contributed by atoms with Crippen molar-refractivity contribution in [1.29, 1.82) is 0 Å². The molecule has 1 aromatic heterocycles. The topological polar surface area (TPSA) is 51.0 Å². The van der Waals surface area contributed by atoms with Gasteiger partial charge in [0.2, 0.25) is 0 Å². The summed E-state index contributed by atoms with van der Waals surface area (Å²) in [5, 5.41) is 10.8. The van der Waals surface area contributed by atoms with E-state index in [0.29, 0.717) is 6.54 Å². The lowest BCUT2D eigenvalue weighted by Gasteiger charge is -2.05. The minimum atomic E-state index is 0.609. The van der Waals surface area contributed by atoms with Crippen LogP contribution in [0.5, 0.6) is 0 Å². The molecule has 0 aliphatic carbocycles. The Morgan fingerprint density at radius 2 is 2.13 bits per heavy atom. The highest BCUT2D eigenvalue weighted by Crippen LogP contribution is 2.21. The number of halogens is 1. The predicted octanol–water partition coefficient (Wildman–Crippen LogP) is 2.75. The monoisotopic (exact) mass is 267 g/mol. The highest BCUT2D eigenvalue weighted by atomic mass is 79.9. The second kappa shape index (κ2) is 4.44. The van der Waals surface area contributed by atoms with Crippen molar-refractivity contribution in [2.24, 2.45) is 0 Å². The molecule has 2 rings (SSSR count). The van der Waals surface area contributed by atoms with Crippen molar-refractivity contribution >= 4 is 21.6 Å². The van der Waals surface area contributed by atoms with E-state index in [1.165, 1.54) is 0 Å². The van der Waals surface area contributed by atoms with Crippen LogP contribution in [0, 0.1) is 6.92 Å². The van der Waals surface area contributed by atoms with Gasteiger partial charge in [-0.15, -0.1) is 0 Å². The van der Waals surface area contributed by atoms with Crippen LogP contribution in [-0.2, 0) is 6.54 Å². The summed E-state index contributed by atoms with van der Waals surface area (Å²) >= 11 is 3.46. The van der Waals surface area contributed by atoms with Crippen molar-refractivity contribution in [2.45, 2.75) is 13.5 Å². The number of nitrogens with zero attached hydrogens (tertiary/aromatic N) is 2. The van der Waals surface area contributed by atoms with Crippen LogP contribution in [0.4, 0.5) is 5.69 Å². The lowest BCUT2D eigenvalue weighted by Crippen LogP contribution is -2.01. The average Bonchev–Trinajstić information content (AvgIpc) is 2.63. The smallest absolute Gasteiger partial charge is 0.127 e. The van der Waals surface area contributed by atoms with E-state index in [1.54, 1.807) is 0 Å². The third-order valence-corrected chi connectivity index (χ3v) is 2.76. The summed E-state index contributed by atoms with van der Waals surface area (Å²) < 4.78 is 5.64. The number of aromatic nitrogens is 2. The summed E-state index contributed by atoms with van der Waals surface area (Å²) in [5.74, 6) is 0. The minimum absolute atomic E-state index is 0.609. The Kier molecular flexibility index (Phi) is 3.01. The van der Waals surface area contributed by atoms with Gasteiger partial charge in [0.05, 0.1) is 6.54 Å². The highest BCUT2D eigenvalue weighted by molar-refractivity contribution is 9.10. The molecule has 1 aromatic carbocycles. The zero-order valence-electron chi connectivity index (χ0n) is 8.20. The van der Waals surface area contributed by atoms with Gasteiger partial charge in [-0.2, -0.15) is 0 Å². The molecule has 15 heavy (non-hydrogen) atoms. The van der Waals surface area contributed by atoms with Crippen molar-refractivity contribution in [2.75, 3.05) is 5.32 Å². The maximum Gasteiger partial charge on any atom is 0.127 e. The number of benzene rings is 1. The SMILES string of the molecule is Cc1nonc1CNc1ccccc1Br. The van der Waals surface area contributed by atoms with E-state index in [0.717, 1.165) is 21.5 Å². The van der Waals surface area contributed by atoms with Crippen LogP contribution in [0.25, 0.3) is 0 Å². The number of hydrogen-bond acceptors (Lipinski definition) is 4. The fraction of sp³-hybridized carbons (Fsp3) is 0.200. The maximum atomic E-state index is 4.61. The largest absolute Gasteiger partial charge is 0.378 e. The maximum absolute atomic E-state index is 4.61. The molecule has 0 saturated heterocycles.